The molecule has 0 aliphatic heterocycles. The summed E-state index contributed by atoms with van der Waals surface area (Å²) >= 11 is 0. The molecular formula is C22H25N3O5. The third-order valence-corrected chi connectivity index (χ3v) is 4.76. The van der Waals surface area contributed by atoms with E-state index in [1.165, 1.54) is 10.9 Å². The summed E-state index contributed by atoms with van der Waals surface area (Å²) in [6.07, 6.45) is 2.92. The Kier molecular flexibility index (Phi) is 6.66. The maximum Gasteiger partial charge on any atom is 0.342 e. The average Bonchev–Trinajstić information content (AvgIpc) is 3.07. The summed E-state index contributed by atoms with van der Waals surface area (Å²) in [5, 5.41) is 3.00. The van der Waals surface area contributed by atoms with Crippen LogP contribution in [0.1, 0.15) is 54.4 Å². The van der Waals surface area contributed by atoms with Crippen LogP contribution in [0.15, 0.2) is 45.9 Å². The molecule has 0 aliphatic carbocycles. The fraction of sp³-hybridized carbons (Fsp3) is 0.364. The van der Waals surface area contributed by atoms with E-state index in [4.69, 9.17) is 9.15 Å². The lowest BCUT2D eigenvalue weighted by Gasteiger charge is -2.19. The van der Waals surface area contributed by atoms with Crippen LogP contribution >= 0.6 is 0 Å². The number of hydrogen-bond acceptors (Lipinski definition) is 6. The van der Waals surface area contributed by atoms with Crippen molar-refractivity contribution in [2.75, 3.05) is 6.61 Å². The zero-order valence-electron chi connectivity index (χ0n) is 17.3. The Labute approximate surface area is 173 Å². The largest absolute Gasteiger partial charge is 0.462 e. The maximum atomic E-state index is 13.0. The van der Waals surface area contributed by atoms with Gasteiger partial charge in [0.1, 0.15) is 29.6 Å². The fourth-order valence-corrected chi connectivity index (χ4v) is 3.39. The summed E-state index contributed by atoms with van der Waals surface area (Å²) in [6.45, 7) is 5.24. The molecule has 30 heavy (non-hydrogen) atoms. The van der Waals surface area contributed by atoms with Crippen molar-refractivity contribution in [2.45, 2.75) is 46.2 Å². The van der Waals surface area contributed by atoms with Crippen LogP contribution in [-0.2, 0) is 16.1 Å². The van der Waals surface area contributed by atoms with Gasteiger partial charge in [0, 0.05) is 0 Å². The third kappa shape index (κ3) is 4.42. The minimum Gasteiger partial charge on any atom is -0.462 e. The normalized spacial score (nSPS) is 12.0. The second-order valence-electron chi connectivity index (χ2n) is 6.93. The van der Waals surface area contributed by atoms with E-state index in [1.54, 1.807) is 13.8 Å². The Morgan fingerprint density at radius 1 is 1.23 bits per heavy atom. The van der Waals surface area contributed by atoms with Crippen LogP contribution in [0.5, 0.6) is 0 Å². The monoisotopic (exact) mass is 411 g/mol. The first kappa shape index (κ1) is 21.3. The first-order valence-corrected chi connectivity index (χ1v) is 9.96. The number of rotatable bonds is 8. The summed E-state index contributed by atoms with van der Waals surface area (Å²) in [5.41, 5.74) is 0.572. The molecule has 0 saturated heterocycles. The van der Waals surface area contributed by atoms with Gasteiger partial charge in [0.15, 0.2) is 0 Å². The summed E-state index contributed by atoms with van der Waals surface area (Å²) in [6, 6.07) is 9.53. The van der Waals surface area contributed by atoms with Gasteiger partial charge < -0.3 is 14.5 Å². The van der Waals surface area contributed by atoms with E-state index in [9.17, 15) is 14.4 Å². The minimum absolute atomic E-state index is 0.0226. The smallest absolute Gasteiger partial charge is 0.342 e. The van der Waals surface area contributed by atoms with Crippen molar-refractivity contribution in [1.29, 1.82) is 0 Å². The summed E-state index contributed by atoms with van der Waals surface area (Å²) in [7, 11) is 0. The molecule has 8 heteroatoms. The standard InChI is InChI=1S/C22H25N3O5/c1-4-9-16(15-10-7-6-8-11-15)24-17(26)12-25-13-23-20-19(21(25)27)18(14(3)30-20)22(28)29-5-2/h6-8,10-11,13,16H,4-5,9,12H2,1-3H3,(H,24,26)/t16-/m0/s1. The number of carbonyl (C=O) groups is 2. The van der Waals surface area contributed by atoms with Gasteiger partial charge in [0.05, 0.1) is 12.6 Å². The molecule has 0 fully saturated rings. The highest BCUT2D eigenvalue weighted by Gasteiger charge is 2.24. The summed E-state index contributed by atoms with van der Waals surface area (Å²) in [4.78, 5) is 42.0. The first-order valence-electron chi connectivity index (χ1n) is 9.96. The summed E-state index contributed by atoms with van der Waals surface area (Å²) < 4.78 is 11.6. The van der Waals surface area contributed by atoms with E-state index in [0.717, 1.165) is 18.4 Å². The van der Waals surface area contributed by atoms with E-state index in [0.29, 0.717) is 0 Å². The van der Waals surface area contributed by atoms with Gasteiger partial charge in [-0.2, -0.15) is 0 Å². The highest BCUT2D eigenvalue weighted by molar-refractivity contribution is 6.03. The van der Waals surface area contributed by atoms with Gasteiger partial charge in [-0.15, -0.1) is 0 Å². The van der Waals surface area contributed by atoms with Crippen molar-refractivity contribution in [3.05, 3.63) is 63.9 Å². The minimum atomic E-state index is -0.651. The fourth-order valence-electron chi connectivity index (χ4n) is 3.39. The quantitative estimate of drug-likeness (QED) is 0.571. The van der Waals surface area contributed by atoms with Crippen LogP contribution in [0, 0.1) is 6.92 Å². The Morgan fingerprint density at radius 3 is 2.63 bits per heavy atom. The second kappa shape index (κ2) is 9.39. The zero-order valence-corrected chi connectivity index (χ0v) is 17.3. The average molecular weight is 411 g/mol. The molecule has 1 N–H and O–H groups in total. The predicted octanol–water partition coefficient (Wildman–Crippen LogP) is 3.13. The number of aryl methyl sites for hydroxylation is 1. The number of nitrogens with zero attached hydrogens (tertiary/aromatic N) is 2. The second-order valence-corrected chi connectivity index (χ2v) is 6.93. The van der Waals surface area contributed by atoms with Crippen molar-refractivity contribution in [2.24, 2.45) is 0 Å². The van der Waals surface area contributed by atoms with Crippen molar-refractivity contribution in [3.63, 3.8) is 0 Å². The number of aromatic nitrogens is 2. The number of furan rings is 1. The zero-order chi connectivity index (χ0) is 21.7. The highest BCUT2D eigenvalue weighted by Crippen LogP contribution is 2.22. The molecule has 0 spiro atoms. The SMILES string of the molecule is CCC[C@H](NC(=O)Cn1cnc2oc(C)c(C(=O)OCC)c2c1=O)c1ccccc1. The molecule has 0 bridgehead atoms. The Morgan fingerprint density at radius 2 is 1.97 bits per heavy atom. The number of nitrogens with one attached hydrogen (secondary N) is 1. The molecule has 3 rings (SSSR count). The summed E-state index contributed by atoms with van der Waals surface area (Å²) in [5.74, 6) is -0.720. The lowest BCUT2D eigenvalue weighted by atomic mass is 10.0. The molecule has 1 aromatic carbocycles. The van der Waals surface area contributed by atoms with Crippen LogP contribution in [0.4, 0.5) is 0 Å². The molecule has 158 valence electrons. The van der Waals surface area contributed by atoms with E-state index >= 15 is 0 Å². The third-order valence-electron chi connectivity index (χ3n) is 4.76. The van der Waals surface area contributed by atoms with Crippen molar-refractivity contribution in [3.8, 4) is 0 Å². The molecule has 0 aliphatic rings. The molecule has 2 aromatic heterocycles. The molecular weight excluding hydrogens is 386 g/mol. The Bertz CT molecular complexity index is 1100. The number of benzene rings is 1. The van der Waals surface area contributed by atoms with E-state index < -0.39 is 11.5 Å². The maximum absolute atomic E-state index is 13.0. The van der Waals surface area contributed by atoms with Crippen molar-refractivity contribution < 1.29 is 18.7 Å². The van der Waals surface area contributed by atoms with Crippen LogP contribution in [-0.4, -0.2) is 28.0 Å². The number of ether oxygens (including phenoxy) is 1. The van der Waals surface area contributed by atoms with Gasteiger partial charge in [-0.3, -0.25) is 14.2 Å². The van der Waals surface area contributed by atoms with Gasteiger partial charge >= 0.3 is 5.97 Å². The molecule has 1 amide bonds. The lowest BCUT2D eigenvalue weighted by Crippen LogP contribution is -2.35. The van der Waals surface area contributed by atoms with Crippen LogP contribution in [0.3, 0.4) is 0 Å². The molecule has 0 saturated carbocycles. The molecule has 0 radical (unpaired) electrons. The first-order chi connectivity index (χ1) is 14.5. The number of fused-ring (bicyclic) bond motifs is 1. The topological polar surface area (TPSA) is 103 Å². The van der Waals surface area contributed by atoms with Crippen molar-refractivity contribution in [1.82, 2.24) is 14.9 Å². The Hall–Kier alpha value is -3.42. The van der Waals surface area contributed by atoms with Gasteiger partial charge in [-0.05, 0) is 25.8 Å². The molecule has 8 nitrogen and oxygen atoms in total. The van der Waals surface area contributed by atoms with Crippen LogP contribution in [0.25, 0.3) is 11.1 Å². The molecule has 3 aromatic rings. The van der Waals surface area contributed by atoms with Crippen LogP contribution in [0.2, 0.25) is 0 Å². The van der Waals surface area contributed by atoms with Gasteiger partial charge in [0.25, 0.3) is 5.56 Å². The van der Waals surface area contributed by atoms with Gasteiger partial charge in [-0.25, -0.2) is 9.78 Å². The number of hydrogen-bond donors (Lipinski definition) is 1. The van der Waals surface area contributed by atoms with E-state index in [2.05, 4.69) is 10.3 Å². The lowest BCUT2D eigenvalue weighted by molar-refractivity contribution is -0.122. The number of amides is 1. The van der Waals surface area contributed by atoms with E-state index in [1.807, 2.05) is 37.3 Å². The van der Waals surface area contributed by atoms with Crippen LogP contribution < -0.4 is 10.9 Å². The van der Waals surface area contributed by atoms with Gasteiger partial charge in [0.2, 0.25) is 11.6 Å². The van der Waals surface area contributed by atoms with Crippen molar-refractivity contribution >= 4 is 23.0 Å². The predicted molar refractivity (Wildman–Crippen MR) is 111 cm³/mol. The van der Waals surface area contributed by atoms with Gasteiger partial charge in [-0.1, -0.05) is 43.7 Å². The molecule has 0 unspecified atom stereocenters. The number of carbonyl (C=O) groups excluding carboxylic acids is 2. The van der Waals surface area contributed by atoms with E-state index in [-0.39, 0.29) is 47.5 Å². The highest BCUT2D eigenvalue weighted by atomic mass is 16.5. The Balaban J connectivity index is 1.87. The number of esters is 1. The molecule has 1 atom stereocenters. The molecule has 2 heterocycles.